The highest BCUT2D eigenvalue weighted by molar-refractivity contribution is 6.33. The second-order valence-electron chi connectivity index (χ2n) is 3.65. The van der Waals surface area contributed by atoms with Crippen LogP contribution in [0.3, 0.4) is 0 Å². The third kappa shape index (κ3) is 2.42. The number of aliphatic hydroxyl groups excluding tert-OH is 1. The monoisotopic (exact) mass is 265 g/mol. The minimum absolute atomic E-state index is 0.132. The van der Waals surface area contributed by atoms with Crippen LogP contribution >= 0.6 is 11.6 Å². The van der Waals surface area contributed by atoms with Gasteiger partial charge >= 0.3 is 0 Å². The highest BCUT2D eigenvalue weighted by atomic mass is 35.5. The molecule has 0 spiro atoms. The fourth-order valence-electron chi connectivity index (χ4n) is 1.52. The molecule has 0 saturated carbocycles. The number of aromatic nitrogens is 3. The number of methoxy groups -OCH3 is 1. The van der Waals surface area contributed by atoms with E-state index in [9.17, 15) is 0 Å². The summed E-state index contributed by atoms with van der Waals surface area (Å²) in [5.74, 6) is 0.458. The van der Waals surface area contributed by atoms with Gasteiger partial charge in [0.1, 0.15) is 0 Å². The molecule has 6 heteroatoms. The van der Waals surface area contributed by atoms with Gasteiger partial charge in [-0.1, -0.05) is 11.6 Å². The Morgan fingerprint density at radius 1 is 1.33 bits per heavy atom. The van der Waals surface area contributed by atoms with Gasteiger partial charge in [0.25, 0.3) is 0 Å². The van der Waals surface area contributed by atoms with E-state index in [4.69, 9.17) is 21.4 Å². The van der Waals surface area contributed by atoms with E-state index in [1.54, 1.807) is 19.2 Å². The lowest BCUT2D eigenvalue weighted by Crippen LogP contribution is -1.99. The normalized spacial score (nSPS) is 10.4. The third-order valence-corrected chi connectivity index (χ3v) is 2.81. The molecule has 2 heterocycles. The Labute approximate surface area is 109 Å². The molecule has 0 aliphatic rings. The molecule has 2 aromatic heterocycles. The second-order valence-corrected chi connectivity index (χ2v) is 4.06. The van der Waals surface area contributed by atoms with E-state index < -0.39 is 0 Å². The van der Waals surface area contributed by atoms with Crippen molar-refractivity contribution in [1.82, 2.24) is 15.0 Å². The summed E-state index contributed by atoms with van der Waals surface area (Å²) in [4.78, 5) is 12.5. The highest BCUT2D eigenvalue weighted by Crippen LogP contribution is 2.28. The summed E-state index contributed by atoms with van der Waals surface area (Å²) in [6, 6.07) is 1.70. The molecule has 0 atom stereocenters. The lowest BCUT2D eigenvalue weighted by molar-refractivity contribution is 0.275. The predicted octanol–water partition coefficient (Wildman–Crippen LogP) is 2.00. The van der Waals surface area contributed by atoms with Crippen molar-refractivity contribution in [2.45, 2.75) is 13.5 Å². The van der Waals surface area contributed by atoms with E-state index in [0.717, 1.165) is 0 Å². The Morgan fingerprint density at radius 3 is 2.72 bits per heavy atom. The number of rotatable bonds is 3. The smallest absolute Gasteiger partial charge is 0.213 e. The van der Waals surface area contributed by atoms with Crippen LogP contribution < -0.4 is 4.74 Å². The van der Waals surface area contributed by atoms with Crippen molar-refractivity contribution < 1.29 is 9.84 Å². The Balaban J connectivity index is 2.51. The number of pyridine rings is 1. The molecular formula is C12H12ClN3O2. The van der Waals surface area contributed by atoms with E-state index in [0.29, 0.717) is 33.5 Å². The summed E-state index contributed by atoms with van der Waals surface area (Å²) in [6.07, 6.45) is 3.08. The lowest BCUT2D eigenvalue weighted by atomic mass is 10.2. The summed E-state index contributed by atoms with van der Waals surface area (Å²) < 4.78 is 5.05. The Hall–Kier alpha value is -1.72. The molecule has 0 unspecified atom stereocenters. The molecule has 0 fully saturated rings. The first kappa shape index (κ1) is 12.7. The minimum atomic E-state index is -0.132. The maximum Gasteiger partial charge on any atom is 0.213 e. The molecule has 0 radical (unpaired) electrons. The number of halogens is 1. The number of hydrogen-bond donors (Lipinski definition) is 1. The maximum atomic E-state index is 9.06. The van der Waals surface area contributed by atoms with Gasteiger partial charge in [-0.15, -0.1) is 0 Å². The van der Waals surface area contributed by atoms with E-state index in [-0.39, 0.29) is 6.61 Å². The van der Waals surface area contributed by atoms with Crippen LogP contribution in [-0.2, 0) is 6.61 Å². The largest absolute Gasteiger partial charge is 0.481 e. The molecular weight excluding hydrogens is 254 g/mol. The van der Waals surface area contributed by atoms with Gasteiger partial charge in [-0.3, -0.25) is 4.98 Å². The Bertz CT molecular complexity index is 575. The predicted molar refractivity (Wildman–Crippen MR) is 67.5 cm³/mol. The molecule has 2 aromatic rings. The van der Waals surface area contributed by atoms with Crippen LogP contribution in [0.5, 0.6) is 5.88 Å². The number of nitrogens with zero attached hydrogens (tertiary/aromatic N) is 3. The average Bonchev–Trinajstić information content (AvgIpc) is 2.39. The minimum Gasteiger partial charge on any atom is -0.481 e. The number of ether oxygens (including phenoxy) is 1. The van der Waals surface area contributed by atoms with Gasteiger partial charge in [0.05, 0.1) is 48.2 Å². The quantitative estimate of drug-likeness (QED) is 0.919. The van der Waals surface area contributed by atoms with Gasteiger partial charge < -0.3 is 9.84 Å². The summed E-state index contributed by atoms with van der Waals surface area (Å²) in [5.41, 5.74) is 2.54. The van der Waals surface area contributed by atoms with Gasteiger partial charge in [-0.2, -0.15) is 0 Å². The SMILES string of the molecule is COc1cc(-c2cnc(CO)c(C)n2)c(Cl)cn1. The first-order chi connectivity index (χ1) is 8.65. The van der Waals surface area contributed by atoms with E-state index in [1.807, 2.05) is 0 Å². The van der Waals surface area contributed by atoms with Gasteiger partial charge in [-0.25, -0.2) is 9.97 Å². The van der Waals surface area contributed by atoms with Crippen molar-refractivity contribution in [1.29, 1.82) is 0 Å². The zero-order valence-electron chi connectivity index (χ0n) is 10.0. The molecule has 0 bridgehead atoms. The Kier molecular flexibility index (Phi) is 3.74. The van der Waals surface area contributed by atoms with Crippen molar-refractivity contribution in [3.8, 4) is 17.1 Å². The van der Waals surface area contributed by atoms with Crippen molar-refractivity contribution >= 4 is 11.6 Å². The molecule has 0 aliphatic heterocycles. The number of aliphatic hydroxyl groups is 1. The molecule has 0 aromatic carbocycles. The average molecular weight is 266 g/mol. The molecule has 0 aliphatic carbocycles. The van der Waals surface area contributed by atoms with Crippen LogP contribution in [0.2, 0.25) is 5.02 Å². The molecule has 1 N–H and O–H groups in total. The van der Waals surface area contributed by atoms with Crippen molar-refractivity contribution in [2.24, 2.45) is 0 Å². The zero-order chi connectivity index (χ0) is 13.1. The summed E-state index contributed by atoms with van der Waals surface area (Å²) >= 11 is 6.08. The van der Waals surface area contributed by atoms with Crippen molar-refractivity contribution in [2.75, 3.05) is 7.11 Å². The first-order valence-corrected chi connectivity index (χ1v) is 5.66. The van der Waals surface area contributed by atoms with Crippen molar-refractivity contribution in [3.63, 3.8) is 0 Å². The van der Waals surface area contributed by atoms with Crippen LogP contribution in [0.1, 0.15) is 11.4 Å². The van der Waals surface area contributed by atoms with Crippen LogP contribution in [0, 0.1) is 6.92 Å². The van der Waals surface area contributed by atoms with Gasteiger partial charge in [0.2, 0.25) is 5.88 Å². The fraction of sp³-hybridized carbons (Fsp3) is 0.250. The molecule has 18 heavy (non-hydrogen) atoms. The molecule has 94 valence electrons. The van der Waals surface area contributed by atoms with E-state index in [2.05, 4.69) is 15.0 Å². The van der Waals surface area contributed by atoms with Crippen LogP contribution in [0.4, 0.5) is 0 Å². The molecule has 5 nitrogen and oxygen atoms in total. The van der Waals surface area contributed by atoms with E-state index >= 15 is 0 Å². The third-order valence-electron chi connectivity index (χ3n) is 2.51. The van der Waals surface area contributed by atoms with E-state index in [1.165, 1.54) is 13.3 Å². The van der Waals surface area contributed by atoms with Crippen molar-refractivity contribution in [3.05, 3.63) is 34.9 Å². The van der Waals surface area contributed by atoms with Crippen LogP contribution in [0.25, 0.3) is 11.3 Å². The fourth-order valence-corrected chi connectivity index (χ4v) is 1.72. The topological polar surface area (TPSA) is 68.1 Å². The Morgan fingerprint density at radius 2 is 2.11 bits per heavy atom. The molecule has 2 rings (SSSR count). The van der Waals surface area contributed by atoms with Gasteiger partial charge in [0, 0.05) is 11.6 Å². The molecule has 0 amide bonds. The highest BCUT2D eigenvalue weighted by Gasteiger charge is 2.10. The van der Waals surface area contributed by atoms with Crippen LogP contribution in [0.15, 0.2) is 18.5 Å². The number of aryl methyl sites for hydroxylation is 1. The first-order valence-electron chi connectivity index (χ1n) is 5.29. The standard InChI is InChI=1S/C12H12ClN3O2/c1-7-11(6-17)14-5-10(16-7)8-3-12(18-2)15-4-9(8)13/h3-5,17H,6H2,1-2H3. The lowest BCUT2D eigenvalue weighted by Gasteiger charge is -2.07. The number of hydrogen-bond acceptors (Lipinski definition) is 5. The summed E-state index contributed by atoms with van der Waals surface area (Å²) in [7, 11) is 1.53. The maximum absolute atomic E-state index is 9.06. The summed E-state index contributed by atoms with van der Waals surface area (Å²) in [5, 5.41) is 9.53. The summed E-state index contributed by atoms with van der Waals surface area (Å²) in [6.45, 7) is 1.65. The molecule has 0 saturated heterocycles. The van der Waals surface area contributed by atoms with Crippen LogP contribution in [-0.4, -0.2) is 27.2 Å². The van der Waals surface area contributed by atoms with Gasteiger partial charge in [0.15, 0.2) is 0 Å². The second kappa shape index (κ2) is 5.29. The van der Waals surface area contributed by atoms with Gasteiger partial charge in [-0.05, 0) is 6.92 Å². The zero-order valence-corrected chi connectivity index (χ0v) is 10.8.